The number of rotatable bonds is 5. The normalized spacial score (nSPS) is 10.1. The lowest BCUT2D eigenvalue weighted by Gasteiger charge is -2.13. The summed E-state index contributed by atoms with van der Waals surface area (Å²) in [6.45, 7) is 2.72. The van der Waals surface area contributed by atoms with Crippen molar-refractivity contribution in [1.29, 1.82) is 0 Å². The Balaban J connectivity index is 2.20. The van der Waals surface area contributed by atoms with Gasteiger partial charge in [0.1, 0.15) is 0 Å². The zero-order chi connectivity index (χ0) is 14.4. The fraction of sp³-hybridized carbons (Fsp3) is 0.188. The molecule has 0 unspecified atom stereocenters. The second-order valence-electron chi connectivity index (χ2n) is 4.33. The molecule has 0 fully saturated rings. The molecule has 0 aliphatic carbocycles. The molecule has 0 saturated heterocycles. The third-order valence-corrected chi connectivity index (χ3v) is 2.90. The Morgan fingerprint density at radius 2 is 1.90 bits per heavy atom. The number of para-hydroxylation sites is 1. The lowest BCUT2D eigenvalue weighted by molar-refractivity contribution is 0.0527. The number of hydrogen-bond acceptors (Lipinski definition) is 4. The molecule has 104 valence electrons. The van der Waals surface area contributed by atoms with Gasteiger partial charge in [0, 0.05) is 6.54 Å². The minimum Gasteiger partial charge on any atom is -0.462 e. The van der Waals surface area contributed by atoms with Gasteiger partial charge in [0.15, 0.2) is 0 Å². The Bertz CT molecular complexity index is 582. The number of hydrogen-bond donors (Lipinski definition) is 2. The van der Waals surface area contributed by atoms with Crippen molar-refractivity contribution in [2.75, 3.05) is 17.7 Å². The Morgan fingerprint density at radius 1 is 1.15 bits per heavy atom. The smallest absolute Gasteiger partial charge is 0.340 e. The number of nitrogens with two attached hydrogens (primary N) is 1. The van der Waals surface area contributed by atoms with Crippen LogP contribution in [0.25, 0.3) is 0 Å². The van der Waals surface area contributed by atoms with Crippen LogP contribution in [-0.4, -0.2) is 12.6 Å². The zero-order valence-corrected chi connectivity index (χ0v) is 11.4. The lowest BCUT2D eigenvalue weighted by atomic mass is 10.1. The second-order valence-corrected chi connectivity index (χ2v) is 4.33. The summed E-state index contributed by atoms with van der Waals surface area (Å²) in [5.74, 6) is -0.365. The summed E-state index contributed by atoms with van der Waals surface area (Å²) >= 11 is 0. The Morgan fingerprint density at radius 3 is 2.60 bits per heavy atom. The molecule has 2 aromatic rings. The first-order valence-electron chi connectivity index (χ1n) is 6.55. The van der Waals surface area contributed by atoms with E-state index in [0.717, 1.165) is 5.56 Å². The van der Waals surface area contributed by atoms with Crippen LogP contribution in [0.4, 0.5) is 11.4 Å². The standard InChI is InChI=1S/C16H18N2O2/c1-2-20-16(19)13-9-6-10-14(17)15(13)18-11-12-7-4-3-5-8-12/h3-10,18H,2,11,17H2,1H3. The monoisotopic (exact) mass is 270 g/mol. The summed E-state index contributed by atoms with van der Waals surface area (Å²) in [6, 6.07) is 15.1. The van der Waals surface area contributed by atoms with Crippen molar-refractivity contribution in [3.63, 3.8) is 0 Å². The Labute approximate surface area is 118 Å². The molecule has 2 rings (SSSR count). The predicted octanol–water partition coefficient (Wildman–Crippen LogP) is 3.06. The Kier molecular flexibility index (Phi) is 4.60. The Hall–Kier alpha value is -2.49. The first kappa shape index (κ1) is 13.9. The highest BCUT2D eigenvalue weighted by molar-refractivity contribution is 5.98. The van der Waals surface area contributed by atoms with Crippen molar-refractivity contribution in [3.05, 3.63) is 59.7 Å². The minimum absolute atomic E-state index is 0.339. The van der Waals surface area contributed by atoms with Gasteiger partial charge in [-0.1, -0.05) is 36.4 Å². The average molecular weight is 270 g/mol. The molecule has 0 aromatic heterocycles. The summed E-state index contributed by atoms with van der Waals surface area (Å²) in [7, 11) is 0. The maximum absolute atomic E-state index is 11.9. The van der Waals surface area contributed by atoms with E-state index >= 15 is 0 Å². The van der Waals surface area contributed by atoms with E-state index in [0.29, 0.717) is 30.1 Å². The molecule has 0 saturated carbocycles. The van der Waals surface area contributed by atoms with Crippen molar-refractivity contribution in [2.24, 2.45) is 0 Å². The molecule has 0 bridgehead atoms. The van der Waals surface area contributed by atoms with Crippen LogP contribution in [0.5, 0.6) is 0 Å². The highest BCUT2D eigenvalue weighted by atomic mass is 16.5. The fourth-order valence-corrected chi connectivity index (χ4v) is 1.93. The van der Waals surface area contributed by atoms with E-state index in [9.17, 15) is 4.79 Å². The van der Waals surface area contributed by atoms with E-state index in [1.54, 1.807) is 25.1 Å². The fourth-order valence-electron chi connectivity index (χ4n) is 1.93. The van der Waals surface area contributed by atoms with Crippen molar-refractivity contribution < 1.29 is 9.53 Å². The second kappa shape index (κ2) is 6.61. The molecule has 0 heterocycles. The van der Waals surface area contributed by atoms with Crippen molar-refractivity contribution >= 4 is 17.3 Å². The quantitative estimate of drug-likeness (QED) is 0.647. The lowest BCUT2D eigenvalue weighted by Crippen LogP contribution is -2.11. The summed E-state index contributed by atoms with van der Waals surface area (Å²) in [5, 5.41) is 3.21. The molecular formula is C16H18N2O2. The molecule has 2 aromatic carbocycles. The van der Waals surface area contributed by atoms with Crippen molar-refractivity contribution in [2.45, 2.75) is 13.5 Å². The molecule has 3 N–H and O–H groups in total. The molecule has 0 amide bonds. The van der Waals surface area contributed by atoms with Gasteiger partial charge in [-0.05, 0) is 24.6 Å². The predicted molar refractivity (Wildman–Crippen MR) is 80.6 cm³/mol. The first-order chi connectivity index (χ1) is 9.72. The molecule has 4 heteroatoms. The molecule has 0 aliphatic rings. The highest BCUT2D eigenvalue weighted by Gasteiger charge is 2.14. The molecule has 0 spiro atoms. The van der Waals surface area contributed by atoms with Gasteiger partial charge in [-0.15, -0.1) is 0 Å². The van der Waals surface area contributed by atoms with E-state index in [4.69, 9.17) is 10.5 Å². The molecule has 4 nitrogen and oxygen atoms in total. The van der Waals surface area contributed by atoms with Gasteiger partial charge in [0.2, 0.25) is 0 Å². The molecule has 0 radical (unpaired) electrons. The SMILES string of the molecule is CCOC(=O)c1cccc(N)c1NCc1ccccc1. The number of benzene rings is 2. The van der Waals surface area contributed by atoms with E-state index < -0.39 is 0 Å². The number of nitrogen functional groups attached to an aromatic ring is 1. The maximum atomic E-state index is 11.9. The third kappa shape index (κ3) is 3.29. The molecular weight excluding hydrogens is 252 g/mol. The van der Waals surface area contributed by atoms with E-state index in [2.05, 4.69) is 5.32 Å². The van der Waals surface area contributed by atoms with Gasteiger partial charge >= 0.3 is 5.97 Å². The van der Waals surface area contributed by atoms with Crippen molar-refractivity contribution in [1.82, 2.24) is 0 Å². The number of nitrogens with one attached hydrogen (secondary N) is 1. The number of ether oxygens (including phenoxy) is 1. The summed E-state index contributed by atoms with van der Waals surface area (Å²) < 4.78 is 5.04. The number of anilines is 2. The van der Waals surface area contributed by atoms with Gasteiger partial charge in [-0.2, -0.15) is 0 Å². The molecule has 20 heavy (non-hydrogen) atoms. The van der Waals surface area contributed by atoms with Gasteiger partial charge in [0.25, 0.3) is 0 Å². The number of esters is 1. The first-order valence-corrected chi connectivity index (χ1v) is 6.55. The van der Waals surface area contributed by atoms with Crippen LogP contribution in [0.3, 0.4) is 0 Å². The molecule has 0 aliphatic heterocycles. The van der Waals surface area contributed by atoms with Gasteiger partial charge in [0.05, 0.1) is 23.5 Å². The van der Waals surface area contributed by atoms with E-state index in [1.165, 1.54) is 0 Å². The highest BCUT2D eigenvalue weighted by Crippen LogP contribution is 2.25. The van der Waals surface area contributed by atoms with Crippen molar-refractivity contribution in [3.8, 4) is 0 Å². The zero-order valence-electron chi connectivity index (χ0n) is 11.4. The van der Waals surface area contributed by atoms with Crippen LogP contribution in [-0.2, 0) is 11.3 Å². The van der Waals surface area contributed by atoms with Crippen LogP contribution in [0.15, 0.2) is 48.5 Å². The van der Waals surface area contributed by atoms with Crippen LogP contribution >= 0.6 is 0 Å². The van der Waals surface area contributed by atoms with E-state index in [-0.39, 0.29) is 5.97 Å². The van der Waals surface area contributed by atoms with Gasteiger partial charge in [-0.3, -0.25) is 0 Å². The minimum atomic E-state index is -0.365. The van der Waals surface area contributed by atoms with Crippen LogP contribution in [0.2, 0.25) is 0 Å². The third-order valence-electron chi connectivity index (χ3n) is 2.90. The summed E-state index contributed by atoms with van der Waals surface area (Å²) in [6.07, 6.45) is 0. The topological polar surface area (TPSA) is 64.3 Å². The van der Waals surface area contributed by atoms with Crippen LogP contribution in [0, 0.1) is 0 Å². The largest absolute Gasteiger partial charge is 0.462 e. The maximum Gasteiger partial charge on any atom is 0.340 e. The van der Waals surface area contributed by atoms with E-state index in [1.807, 2.05) is 30.3 Å². The van der Waals surface area contributed by atoms with Crippen LogP contribution in [0.1, 0.15) is 22.8 Å². The summed E-state index contributed by atoms with van der Waals surface area (Å²) in [5.41, 5.74) is 8.68. The number of carbonyl (C=O) groups is 1. The van der Waals surface area contributed by atoms with Crippen LogP contribution < -0.4 is 11.1 Å². The van der Waals surface area contributed by atoms with Gasteiger partial charge in [-0.25, -0.2) is 4.79 Å². The summed E-state index contributed by atoms with van der Waals surface area (Å²) in [4.78, 5) is 11.9. The molecule has 0 atom stereocenters. The van der Waals surface area contributed by atoms with Gasteiger partial charge < -0.3 is 15.8 Å². The average Bonchev–Trinajstić information content (AvgIpc) is 2.47. The number of carbonyl (C=O) groups excluding carboxylic acids is 1.